The summed E-state index contributed by atoms with van der Waals surface area (Å²) in [5, 5.41) is 8.76. The molecular formula is C17H21BrFNO3. The van der Waals surface area contributed by atoms with Gasteiger partial charge in [-0.15, -0.1) is 0 Å². The maximum Gasteiger partial charge on any atom is 0.303 e. The lowest BCUT2D eigenvalue weighted by Crippen LogP contribution is -2.40. The topological polar surface area (TPSA) is 57.6 Å². The zero-order chi connectivity index (χ0) is 16.8. The van der Waals surface area contributed by atoms with Crippen LogP contribution in [0.4, 0.5) is 4.39 Å². The Morgan fingerprint density at radius 2 is 2.13 bits per heavy atom. The van der Waals surface area contributed by atoms with Gasteiger partial charge >= 0.3 is 5.97 Å². The van der Waals surface area contributed by atoms with Crippen LogP contribution in [-0.4, -0.2) is 35.0 Å². The molecule has 1 saturated heterocycles. The predicted molar refractivity (Wildman–Crippen MR) is 88.6 cm³/mol. The molecule has 126 valence electrons. The van der Waals surface area contributed by atoms with Gasteiger partial charge in [0.1, 0.15) is 5.82 Å². The summed E-state index contributed by atoms with van der Waals surface area (Å²) in [4.78, 5) is 24.8. The lowest BCUT2D eigenvalue weighted by molar-refractivity contribution is -0.137. The van der Waals surface area contributed by atoms with Crippen LogP contribution in [0, 0.1) is 11.7 Å². The van der Waals surface area contributed by atoms with Gasteiger partial charge in [0, 0.05) is 30.4 Å². The minimum atomic E-state index is -0.792. The first kappa shape index (κ1) is 17.9. The van der Waals surface area contributed by atoms with Crippen molar-refractivity contribution in [3.63, 3.8) is 0 Å². The number of hydrogen-bond donors (Lipinski definition) is 1. The fourth-order valence-electron chi connectivity index (χ4n) is 2.98. The fraction of sp³-hybridized carbons (Fsp3) is 0.529. The number of rotatable bonds is 6. The van der Waals surface area contributed by atoms with Crippen molar-refractivity contribution in [2.75, 3.05) is 13.1 Å². The van der Waals surface area contributed by atoms with Crippen LogP contribution in [0.5, 0.6) is 0 Å². The van der Waals surface area contributed by atoms with Gasteiger partial charge < -0.3 is 10.0 Å². The molecule has 1 N–H and O–H groups in total. The van der Waals surface area contributed by atoms with Crippen molar-refractivity contribution >= 4 is 27.8 Å². The second-order valence-corrected chi connectivity index (χ2v) is 6.93. The molecule has 1 fully saturated rings. The Bertz CT molecular complexity index is 579. The molecule has 1 aliphatic rings. The molecule has 0 saturated carbocycles. The number of nitrogens with zero attached hydrogens (tertiary/aromatic N) is 1. The highest BCUT2D eigenvalue weighted by Crippen LogP contribution is 2.22. The Kier molecular flexibility index (Phi) is 6.57. The molecule has 23 heavy (non-hydrogen) atoms. The number of benzene rings is 1. The number of carboxylic acid groups (broad SMARTS) is 1. The molecule has 0 bridgehead atoms. The number of carbonyl (C=O) groups is 2. The molecule has 1 aromatic carbocycles. The minimum Gasteiger partial charge on any atom is -0.481 e. The monoisotopic (exact) mass is 385 g/mol. The van der Waals surface area contributed by atoms with E-state index in [9.17, 15) is 14.0 Å². The van der Waals surface area contributed by atoms with Gasteiger partial charge in [0.2, 0.25) is 5.91 Å². The normalized spacial score (nSPS) is 18.0. The van der Waals surface area contributed by atoms with E-state index in [2.05, 4.69) is 15.9 Å². The summed E-state index contributed by atoms with van der Waals surface area (Å²) >= 11 is 3.21. The lowest BCUT2D eigenvalue weighted by Gasteiger charge is -2.32. The van der Waals surface area contributed by atoms with Crippen LogP contribution in [0.1, 0.15) is 37.7 Å². The van der Waals surface area contributed by atoms with E-state index in [-0.39, 0.29) is 30.5 Å². The van der Waals surface area contributed by atoms with Gasteiger partial charge in [-0.05, 0) is 49.3 Å². The van der Waals surface area contributed by atoms with E-state index >= 15 is 0 Å². The molecular weight excluding hydrogens is 365 g/mol. The molecule has 0 aliphatic carbocycles. The number of amides is 1. The van der Waals surface area contributed by atoms with E-state index in [1.54, 1.807) is 17.0 Å². The van der Waals surface area contributed by atoms with Crippen molar-refractivity contribution in [1.82, 2.24) is 4.90 Å². The van der Waals surface area contributed by atoms with Crippen LogP contribution in [0.3, 0.4) is 0 Å². The Morgan fingerprint density at radius 3 is 2.83 bits per heavy atom. The first-order valence-electron chi connectivity index (χ1n) is 7.89. The quantitative estimate of drug-likeness (QED) is 0.813. The van der Waals surface area contributed by atoms with Crippen LogP contribution < -0.4 is 0 Å². The third-order valence-electron chi connectivity index (χ3n) is 4.26. The smallest absolute Gasteiger partial charge is 0.303 e. The van der Waals surface area contributed by atoms with Crippen LogP contribution in [0.15, 0.2) is 22.7 Å². The highest BCUT2D eigenvalue weighted by atomic mass is 79.9. The number of carbonyl (C=O) groups excluding carboxylic acids is 1. The maximum absolute atomic E-state index is 13.8. The van der Waals surface area contributed by atoms with Gasteiger partial charge in [-0.2, -0.15) is 0 Å². The molecule has 1 heterocycles. The summed E-state index contributed by atoms with van der Waals surface area (Å²) in [7, 11) is 0. The molecule has 4 nitrogen and oxygen atoms in total. The second kappa shape index (κ2) is 8.43. The summed E-state index contributed by atoms with van der Waals surface area (Å²) < 4.78 is 14.5. The zero-order valence-corrected chi connectivity index (χ0v) is 14.5. The number of hydrogen-bond acceptors (Lipinski definition) is 2. The summed E-state index contributed by atoms with van der Waals surface area (Å²) in [5.74, 6) is -0.815. The Balaban J connectivity index is 1.83. The highest BCUT2D eigenvalue weighted by molar-refractivity contribution is 9.10. The molecule has 0 aromatic heterocycles. The van der Waals surface area contributed by atoms with Crippen molar-refractivity contribution < 1.29 is 19.1 Å². The van der Waals surface area contributed by atoms with Crippen molar-refractivity contribution in [1.29, 1.82) is 0 Å². The van der Waals surface area contributed by atoms with Gasteiger partial charge in [-0.25, -0.2) is 4.39 Å². The van der Waals surface area contributed by atoms with Crippen molar-refractivity contribution in [2.24, 2.45) is 5.92 Å². The average Bonchev–Trinajstić information content (AvgIpc) is 2.52. The molecule has 2 rings (SSSR count). The summed E-state index contributed by atoms with van der Waals surface area (Å²) in [5.41, 5.74) is 0.543. The van der Waals surface area contributed by atoms with Crippen LogP contribution in [0.2, 0.25) is 0 Å². The second-order valence-electron chi connectivity index (χ2n) is 6.02. The van der Waals surface area contributed by atoms with Crippen LogP contribution in [0.25, 0.3) is 0 Å². The summed E-state index contributed by atoms with van der Waals surface area (Å²) in [6, 6.07) is 4.87. The number of carboxylic acids is 1. The molecule has 1 unspecified atom stereocenters. The average molecular weight is 386 g/mol. The van der Waals surface area contributed by atoms with Gasteiger partial charge in [0.15, 0.2) is 0 Å². The molecule has 6 heteroatoms. The number of piperidine rings is 1. The first-order valence-corrected chi connectivity index (χ1v) is 8.68. The van der Waals surface area contributed by atoms with E-state index in [4.69, 9.17) is 5.11 Å². The number of aliphatic carboxylic acids is 1. The van der Waals surface area contributed by atoms with E-state index in [0.29, 0.717) is 36.0 Å². The van der Waals surface area contributed by atoms with Crippen LogP contribution in [-0.2, 0) is 16.0 Å². The van der Waals surface area contributed by atoms with Crippen molar-refractivity contribution in [3.05, 3.63) is 34.1 Å². The van der Waals surface area contributed by atoms with Gasteiger partial charge in [-0.1, -0.05) is 22.0 Å². The molecule has 1 aromatic rings. The van der Waals surface area contributed by atoms with Crippen molar-refractivity contribution in [3.8, 4) is 0 Å². The third kappa shape index (κ3) is 5.61. The molecule has 1 atom stereocenters. The third-order valence-corrected chi connectivity index (χ3v) is 4.75. The SMILES string of the molecule is O=C(O)CCC1CCCN(C(=O)CCc2ccc(Br)cc2F)C1. The predicted octanol–water partition coefficient (Wildman–Crippen LogP) is 3.62. The van der Waals surface area contributed by atoms with Gasteiger partial charge in [0.05, 0.1) is 0 Å². The minimum absolute atomic E-state index is 0.0207. The number of likely N-dealkylation sites (tertiary alicyclic amines) is 1. The lowest BCUT2D eigenvalue weighted by atomic mass is 9.93. The Hall–Kier alpha value is -1.43. The van der Waals surface area contributed by atoms with Crippen LogP contribution >= 0.6 is 15.9 Å². The van der Waals surface area contributed by atoms with Gasteiger partial charge in [-0.3, -0.25) is 9.59 Å². The summed E-state index contributed by atoms with van der Waals surface area (Å²) in [6.07, 6.45) is 3.30. The van der Waals surface area contributed by atoms with Gasteiger partial charge in [0.25, 0.3) is 0 Å². The van der Waals surface area contributed by atoms with E-state index in [1.807, 2.05) is 0 Å². The molecule has 1 aliphatic heterocycles. The highest BCUT2D eigenvalue weighted by Gasteiger charge is 2.24. The molecule has 0 spiro atoms. The largest absolute Gasteiger partial charge is 0.481 e. The Labute approximate surface area is 143 Å². The van der Waals surface area contributed by atoms with E-state index in [0.717, 1.165) is 12.8 Å². The Morgan fingerprint density at radius 1 is 1.35 bits per heavy atom. The zero-order valence-electron chi connectivity index (χ0n) is 12.9. The van der Waals surface area contributed by atoms with E-state index < -0.39 is 5.97 Å². The van der Waals surface area contributed by atoms with Crippen molar-refractivity contribution in [2.45, 2.75) is 38.5 Å². The summed E-state index contributed by atoms with van der Waals surface area (Å²) in [6.45, 7) is 1.33. The standard InChI is InChI=1S/C17H21BrFNO3/c18-14-6-4-13(15(19)10-14)5-7-16(21)20-9-1-2-12(11-20)3-8-17(22)23/h4,6,10,12H,1-3,5,7-9,11H2,(H,22,23). The number of aryl methyl sites for hydroxylation is 1. The first-order chi connectivity index (χ1) is 11.0. The maximum atomic E-state index is 13.8. The number of halogens is 2. The fourth-order valence-corrected chi connectivity index (χ4v) is 3.31. The molecule has 1 amide bonds. The molecule has 0 radical (unpaired) electrons. The van der Waals surface area contributed by atoms with E-state index in [1.165, 1.54) is 6.07 Å².